The van der Waals surface area contributed by atoms with Crippen LogP contribution in [0, 0.1) is 6.92 Å². The fourth-order valence-corrected chi connectivity index (χ4v) is 2.89. The molecule has 0 aliphatic carbocycles. The van der Waals surface area contributed by atoms with E-state index in [9.17, 15) is 9.59 Å². The van der Waals surface area contributed by atoms with E-state index in [-0.39, 0.29) is 23.9 Å². The number of hydrogen-bond acceptors (Lipinski definition) is 4. The zero-order chi connectivity index (χ0) is 20.5. The number of hydrogen-bond donors (Lipinski definition) is 1. The molecular formula is C23H24N4O2. The minimum absolute atomic E-state index is 0.134. The van der Waals surface area contributed by atoms with E-state index in [0.29, 0.717) is 19.5 Å². The summed E-state index contributed by atoms with van der Waals surface area (Å²) in [6.07, 6.45) is 5.37. The van der Waals surface area contributed by atoms with E-state index in [2.05, 4.69) is 15.3 Å². The van der Waals surface area contributed by atoms with Gasteiger partial charge in [0.05, 0.1) is 6.20 Å². The standard InChI is InChI=1S/C23H24N4O2/c1-18-7-9-20(10-8-18)26-22(28)12-16-27(15-11-19-5-3-2-4-6-19)23(29)21-17-24-13-14-25-21/h2-10,13-14,17H,11-12,15-16H2,1H3,(H,26,28). The molecule has 0 aliphatic rings. The van der Waals surface area contributed by atoms with Gasteiger partial charge >= 0.3 is 0 Å². The summed E-state index contributed by atoms with van der Waals surface area (Å²) in [5, 5.41) is 2.87. The average Bonchev–Trinajstić information content (AvgIpc) is 2.76. The molecule has 0 spiro atoms. The van der Waals surface area contributed by atoms with Crippen molar-refractivity contribution in [1.82, 2.24) is 14.9 Å². The molecule has 29 heavy (non-hydrogen) atoms. The van der Waals surface area contributed by atoms with E-state index in [1.165, 1.54) is 18.6 Å². The Morgan fingerprint density at radius 3 is 2.41 bits per heavy atom. The Balaban J connectivity index is 1.62. The Bertz CT molecular complexity index is 928. The number of carbonyl (C=O) groups is 2. The second-order valence-electron chi connectivity index (χ2n) is 6.78. The Morgan fingerprint density at radius 1 is 0.966 bits per heavy atom. The summed E-state index contributed by atoms with van der Waals surface area (Å²) >= 11 is 0. The van der Waals surface area contributed by atoms with Crippen molar-refractivity contribution in [3.8, 4) is 0 Å². The summed E-state index contributed by atoms with van der Waals surface area (Å²) in [7, 11) is 0. The molecule has 1 aromatic heterocycles. The molecule has 6 heteroatoms. The van der Waals surface area contributed by atoms with E-state index in [4.69, 9.17) is 0 Å². The molecule has 0 saturated heterocycles. The van der Waals surface area contributed by atoms with Gasteiger partial charge in [-0.3, -0.25) is 14.6 Å². The second-order valence-corrected chi connectivity index (χ2v) is 6.78. The van der Waals surface area contributed by atoms with Crippen molar-refractivity contribution in [2.75, 3.05) is 18.4 Å². The fourth-order valence-electron chi connectivity index (χ4n) is 2.89. The highest BCUT2D eigenvalue weighted by Gasteiger charge is 2.18. The highest BCUT2D eigenvalue weighted by atomic mass is 16.2. The summed E-state index contributed by atoms with van der Waals surface area (Å²) in [6.45, 7) is 2.80. The highest BCUT2D eigenvalue weighted by molar-refractivity contribution is 5.93. The molecular weight excluding hydrogens is 364 g/mol. The van der Waals surface area contributed by atoms with E-state index >= 15 is 0 Å². The lowest BCUT2D eigenvalue weighted by Gasteiger charge is -2.22. The Kier molecular flexibility index (Phi) is 7.05. The zero-order valence-corrected chi connectivity index (χ0v) is 16.4. The van der Waals surface area contributed by atoms with Crippen LogP contribution in [0.25, 0.3) is 0 Å². The molecule has 0 unspecified atom stereocenters. The molecule has 3 aromatic rings. The van der Waals surface area contributed by atoms with Crippen molar-refractivity contribution in [2.24, 2.45) is 0 Å². The first-order chi connectivity index (χ1) is 14.1. The number of carbonyl (C=O) groups excluding carboxylic acids is 2. The molecule has 2 amide bonds. The number of rotatable bonds is 8. The van der Waals surface area contributed by atoms with Crippen LogP contribution in [0.15, 0.2) is 73.2 Å². The van der Waals surface area contributed by atoms with Crippen LogP contribution in [-0.2, 0) is 11.2 Å². The van der Waals surface area contributed by atoms with Gasteiger partial charge in [-0.05, 0) is 31.0 Å². The fraction of sp³-hybridized carbons (Fsp3) is 0.217. The van der Waals surface area contributed by atoms with Crippen LogP contribution in [0.3, 0.4) is 0 Å². The molecule has 3 rings (SSSR count). The Labute approximate surface area is 170 Å². The molecule has 0 bridgehead atoms. The average molecular weight is 388 g/mol. The number of benzene rings is 2. The van der Waals surface area contributed by atoms with E-state index in [0.717, 1.165) is 16.8 Å². The predicted molar refractivity (Wildman–Crippen MR) is 113 cm³/mol. The number of amides is 2. The third-order valence-corrected chi connectivity index (χ3v) is 4.53. The number of nitrogens with one attached hydrogen (secondary N) is 1. The van der Waals surface area contributed by atoms with Crippen LogP contribution in [0.5, 0.6) is 0 Å². The van der Waals surface area contributed by atoms with Gasteiger partial charge in [0.2, 0.25) is 5.91 Å². The summed E-state index contributed by atoms with van der Waals surface area (Å²) in [4.78, 5) is 35.0. The predicted octanol–water partition coefficient (Wildman–Crippen LogP) is 3.50. The van der Waals surface area contributed by atoms with Gasteiger partial charge in [0.15, 0.2) is 0 Å². The summed E-state index contributed by atoms with van der Waals surface area (Å²) < 4.78 is 0. The first kappa shape index (κ1) is 20.2. The van der Waals surface area contributed by atoms with Gasteiger partial charge in [-0.25, -0.2) is 4.98 Å². The first-order valence-electron chi connectivity index (χ1n) is 9.57. The Hall–Kier alpha value is -3.54. The van der Waals surface area contributed by atoms with Gasteiger partial charge in [-0.2, -0.15) is 0 Å². The maximum Gasteiger partial charge on any atom is 0.274 e. The summed E-state index contributed by atoms with van der Waals surface area (Å²) in [5.41, 5.74) is 3.29. The molecule has 0 aliphatic heterocycles. The highest BCUT2D eigenvalue weighted by Crippen LogP contribution is 2.10. The normalized spacial score (nSPS) is 10.4. The van der Waals surface area contributed by atoms with E-state index < -0.39 is 0 Å². The van der Waals surface area contributed by atoms with Crippen molar-refractivity contribution in [1.29, 1.82) is 0 Å². The Morgan fingerprint density at radius 2 is 1.72 bits per heavy atom. The van der Waals surface area contributed by atoms with Gasteiger partial charge in [0.25, 0.3) is 5.91 Å². The monoisotopic (exact) mass is 388 g/mol. The van der Waals surface area contributed by atoms with E-state index in [1.54, 1.807) is 4.90 Å². The van der Waals surface area contributed by atoms with Gasteiger partial charge in [0, 0.05) is 37.6 Å². The lowest BCUT2D eigenvalue weighted by molar-refractivity contribution is -0.116. The van der Waals surface area contributed by atoms with E-state index in [1.807, 2.05) is 61.5 Å². The lowest BCUT2D eigenvalue weighted by atomic mass is 10.1. The smallest absolute Gasteiger partial charge is 0.274 e. The maximum atomic E-state index is 12.9. The van der Waals surface area contributed by atoms with Crippen LogP contribution in [0.1, 0.15) is 28.0 Å². The molecule has 0 radical (unpaired) electrons. The van der Waals surface area contributed by atoms with Crippen molar-refractivity contribution < 1.29 is 9.59 Å². The SMILES string of the molecule is Cc1ccc(NC(=O)CCN(CCc2ccccc2)C(=O)c2cnccn2)cc1. The molecule has 1 heterocycles. The minimum atomic E-state index is -0.225. The van der Waals surface area contributed by atoms with Crippen LogP contribution in [-0.4, -0.2) is 39.8 Å². The second kappa shape index (κ2) is 10.1. The third kappa shape index (κ3) is 6.24. The minimum Gasteiger partial charge on any atom is -0.336 e. The number of aromatic nitrogens is 2. The molecule has 1 N–H and O–H groups in total. The van der Waals surface area contributed by atoms with Gasteiger partial charge in [-0.1, -0.05) is 48.0 Å². The number of anilines is 1. The molecule has 2 aromatic carbocycles. The van der Waals surface area contributed by atoms with Crippen LogP contribution < -0.4 is 5.32 Å². The van der Waals surface area contributed by atoms with Crippen LogP contribution in [0.2, 0.25) is 0 Å². The van der Waals surface area contributed by atoms with Crippen LogP contribution in [0.4, 0.5) is 5.69 Å². The zero-order valence-electron chi connectivity index (χ0n) is 16.4. The third-order valence-electron chi connectivity index (χ3n) is 4.53. The van der Waals surface area contributed by atoms with Crippen molar-refractivity contribution in [3.05, 3.63) is 90.0 Å². The summed E-state index contributed by atoms with van der Waals surface area (Å²) in [6, 6.07) is 17.6. The van der Waals surface area contributed by atoms with Gasteiger partial charge in [-0.15, -0.1) is 0 Å². The lowest BCUT2D eigenvalue weighted by Crippen LogP contribution is -2.36. The number of aryl methyl sites for hydroxylation is 1. The molecule has 6 nitrogen and oxygen atoms in total. The topological polar surface area (TPSA) is 75.2 Å². The quantitative estimate of drug-likeness (QED) is 0.641. The number of nitrogens with zero attached hydrogens (tertiary/aromatic N) is 3. The molecule has 0 saturated carbocycles. The van der Waals surface area contributed by atoms with Gasteiger partial charge < -0.3 is 10.2 Å². The van der Waals surface area contributed by atoms with Crippen LogP contribution >= 0.6 is 0 Å². The molecule has 148 valence electrons. The molecule has 0 fully saturated rings. The largest absolute Gasteiger partial charge is 0.336 e. The first-order valence-corrected chi connectivity index (χ1v) is 9.57. The summed E-state index contributed by atoms with van der Waals surface area (Å²) in [5.74, 6) is -0.359. The molecule has 0 atom stereocenters. The maximum absolute atomic E-state index is 12.9. The van der Waals surface area contributed by atoms with Crippen molar-refractivity contribution >= 4 is 17.5 Å². The van der Waals surface area contributed by atoms with Crippen molar-refractivity contribution in [2.45, 2.75) is 19.8 Å². The van der Waals surface area contributed by atoms with Crippen molar-refractivity contribution in [3.63, 3.8) is 0 Å². The van der Waals surface area contributed by atoms with Gasteiger partial charge in [0.1, 0.15) is 5.69 Å².